The van der Waals surface area contributed by atoms with E-state index in [0.29, 0.717) is 4.77 Å². The number of carboxylic acid groups (broad SMARTS) is 1. The number of rotatable bonds is 4. The average Bonchev–Trinajstić information content (AvgIpc) is 2.63. The van der Waals surface area contributed by atoms with Crippen LogP contribution < -0.4 is 60.9 Å². The maximum absolute atomic E-state index is 10.7. The Balaban J connectivity index is 0.00000220. The summed E-state index contributed by atoms with van der Waals surface area (Å²) in [6.07, 6.45) is 0. The molecule has 106 valence electrons. The van der Waals surface area contributed by atoms with Crippen LogP contribution in [0.2, 0.25) is 0 Å². The number of benzene rings is 1. The second-order valence-corrected chi connectivity index (χ2v) is 5.01. The molecule has 0 saturated carbocycles. The first-order chi connectivity index (χ1) is 9.40. The molecular weight excluding hydrogens is 315 g/mol. The number of likely N-dealkylation sites (N-methyl/N-ethyl adjacent to an activating group) is 1. The van der Waals surface area contributed by atoms with Gasteiger partial charge in [0.1, 0.15) is 12.2 Å². The van der Waals surface area contributed by atoms with Crippen molar-refractivity contribution in [1.29, 1.82) is 0 Å². The van der Waals surface area contributed by atoms with Gasteiger partial charge in [-0.05, 0) is 36.5 Å². The maximum Gasteiger partial charge on any atom is 1.00 e. The molecule has 0 aliphatic rings. The van der Waals surface area contributed by atoms with Crippen molar-refractivity contribution >= 4 is 23.9 Å². The van der Waals surface area contributed by atoms with Gasteiger partial charge in [-0.2, -0.15) is 9.25 Å². The molecule has 2 rings (SSSR count). The molecule has 0 saturated heterocycles. The summed E-state index contributed by atoms with van der Waals surface area (Å²) in [5.41, 5.74) is 1.79. The quantitative estimate of drug-likeness (QED) is 0.394. The van der Waals surface area contributed by atoms with Crippen LogP contribution in [0.3, 0.4) is 0 Å². The number of hydrogen-bond acceptors (Lipinski definition) is 3. The van der Waals surface area contributed by atoms with Gasteiger partial charge in [0.15, 0.2) is 0 Å². The van der Waals surface area contributed by atoms with Crippen LogP contribution in [0, 0.1) is 11.7 Å². The number of aromatic nitrogens is 3. The van der Waals surface area contributed by atoms with E-state index in [9.17, 15) is 4.79 Å². The third-order valence-electron chi connectivity index (χ3n) is 3.20. The Morgan fingerprint density at radius 2 is 2.00 bits per heavy atom. The molecule has 0 aliphatic carbocycles. The number of carbonyl (C=O) groups is 1. The van der Waals surface area contributed by atoms with E-state index in [1.807, 2.05) is 47.5 Å². The fourth-order valence-corrected chi connectivity index (χ4v) is 2.40. The molecule has 2 aromatic rings. The summed E-state index contributed by atoms with van der Waals surface area (Å²) in [6, 6.07) is 7.60. The van der Waals surface area contributed by atoms with E-state index in [4.69, 9.17) is 17.3 Å². The van der Waals surface area contributed by atoms with E-state index in [1.165, 1.54) is 0 Å². The van der Waals surface area contributed by atoms with Crippen LogP contribution in [0.15, 0.2) is 24.3 Å². The first-order valence-corrected chi connectivity index (χ1v) is 6.52. The number of anilines is 1. The minimum atomic E-state index is -0.854. The average molecular weight is 332 g/mol. The van der Waals surface area contributed by atoms with Gasteiger partial charge in [0.05, 0.1) is 7.05 Å². The van der Waals surface area contributed by atoms with Gasteiger partial charge in [0, 0.05) is 19.7 Å². The van der Waals surface area contributed by atoms with Crippen molar-refractivity contribution in [1.82, 2.24) is 9.78 Å². The molecule has 0 spiro atoms. The minimum Gasteiger partial charge on any atom is -0.480 e. The first kappa shape index (κ1) is 18.5. The summed E-state index contributed by atoms with van der Waals surface area (Å²) < 4.78 is 4.40. The van der Waals surface area contributed by atoms with Crippen LogP contribution in [0.4, 0.5) is 5.69 Å². The van der Waals surface area contributed by atoms with E-state index in [2.05, 4.69) is 5.10 Å². The fourth-order valence-electron chi connectivity index (χ4n) is 2.03. The van der Waals surface area contributed by atoms with Crippen molar-refractivity contribution in [2.75, 3.05) is 18.5 Å². The second kappa shape index (κ2) is 7.66. The maximum atomic E-state index is 10.7. The number of nitrogens with zero attached hydrogens (tertiary/aromatic N) is 3. The van der Waals surface area contributed by atoms with Crippen molar-refractivity contribution < 1.29 is 65.9 Å². The predicted molar refractivity (Wildman–Crippen MR) is 77.8 cm³/mol. The summed E-state index contributed by atoms with van der Waals surface area (Å²) in [4.78, 5) is 12.4. The van der Waals surface area contributed by atoms with Crippen LogP contribution >= 0.6 is 12.2 Å². The van der Waals surface area contributed by atoms with E-state index in [0.717, 1.165) is 17.2 Å². The summed E-state index contributed by atoms with van der Waals surface area (Å²) in [7, 11) is 3.65. The van der Waals surface area contributed by atoms with Gasteiger partial charge in [-0.25, -0.2) is 0 Å². The number of aliphatic carboxylic acids is 1. The zero-order valence-corrected chi connectivity index (χ0v) is 16.6. The molecule has 0 radical (unpaired) electrons. The molecule has 0 unspecified atom stereocenters. The molecule has 1 aromatic heterocycles. The predicted octanol–water partition coefficient (Wildman–Crippen LogP) is -1.81. The number of nitrogens with one attached hydrogen (secondary N) is 1. The van der Waals surface area contributed by atoms with Crippen molar-refractivity contribution in [3.05, 3.63) is 34.9 Å². The van der Waals surface area contributed by atoms with Gasteiger partial charge in [0.2, 0.25) is 5.82 Å². The van der Waals surface area contributed by atoms with E-state index in [1.54, 1.807) is 11.9 Å². The molecule has 0 bridgehead atoms. The van der Waals surface area contributed by atoms with Gasteiger partial charge in [-0.15, -0.1) is 5.10 Å². The van der Waals surface area contributed by atoms with Crippen molar-refractivity contribution in [3.63, 3.8) is 0 Å². The van der Waals surface area contributed by atoms with Gasteiger partial charge < -0.3 is 10.0 Å². The number of aromatic amines is 1. The molecule has 1 aromatic carbocycles. The van der Waals surface area contributed by atoms with Crippen molar-refractivity contribution in [2.24, 2.45) is 7.05 Å². The van der Waals surface area contributed by atoms with E-state index in [-0.39, 0.29) is 57.9 Å². The molecular formula is C13H17KN4O2S+2. The third kappa shape index (κ3) is 4.24. The van der Waals surface area contributed by atoms with Crippen LogP contribution in [0.25, 0.3) is 5.69 Å². The minimum absolute atomic E-state index is 0. The summed E-state index contributed by atoms with van der Waals surface area (Å²) in [5.74, 6) is 0.133. The topological polar surface area (TPSA) is 65.1 Å². The zero-order chi connectivity index (χ0) is 14.9. The zero-order valence-electron chi connectivity index (χ0n) is 12.6. The van der Waals surface area contributed by atoms with Gasteiger partial charge in [-0.3, -0.25) is 4.79 Å². The van der Waals surface area contributed by atoms with Crippen LogP contribution in [0.5, 0.6) is 0 Å². The molecule has 1 heterocycles. The standard InChI is InChI=1S/C13H16N4O2S.K/c1-9-16(3)14-13(20)17(9)11-6-4-10(5-7-11)15(2)8-12(18)19;/h4-7H,8H2,1-3H3,(H-,14,18,19,20);/q;+1/p+1. The smallest absolute Gasteiger partial charge is 0.480 e. The van der Waals surface area contributed by atoms with Crippen LogP contribution in [0.1, 0.15) is 5.82 Å². The van der Waals surface area contributed by atoms with Crippen molar-refractivity contribution in [2.45, 2.75) is 6.92 Å². The Morgan fingerprint density at radius 3 is 2.43 bits per heavy atom. The number of carboxylic acids is 1. The second-order valence-electron chi connectivity index (χ2n) is 4.62. The Bertz CT molecular complexity index is 693. The summed E-state index contributed by atoms with van der Waals surface area (Å²) in [5, 5.41) is 11.8. The molecule has 0 aliphatic heterocycles. The number of H-pyrrole nitrogens is 1. The van der Waals surface area contributed by atoms with Crippen LogP contribution in [-0.2, 0) is 11.8 Å². The number of aryl methyl sites for hydroxylation is 1. The third-order valence-corrected chi connectivity index (χ3v) is 3.47. The Morgan fingerprint density at radius 1 is 1.43 bits per heavy atom. The molecule has 0 atom stereocenters. The largest absolute Gasteiger partial charge is 1.00 e. The first-order valence-electron chi connectivity index (χ1n) is 6.11. The molecule has 0 amide bonds. The molecule has 0 fully saturated rings. The summed E-state index contributed by atoms with van der Waals surface area (Å²) in [6.45, 7) is 1.94. The normalized spacial score (nSPS) is 10.0. The molecule has 6 nitrogen and oxygen atoms in total. The van der Waals surface area contributed by atoms with Gasteiger partial charge in [0.25, 0.3) is 0 Å². The Labute approximate surface area is 170 Å². The Hall–Kier alpha value is -0.514. The van der Waals surface area contributed by atoms with E-state index < -0.39 is 5.97 Å². The van der Waals surface area contributed by atoms with Gasteiger partial charge in [-0.1, -0.05) is 0 Å². The number of hydrogen-bond donors (Lipinski definition) is 2. The van der Waals surface area contributed by atoms with Crippen LogP contribution in [-0.4, -0.2) is 34.4 Å². The van der Waals surface area contributed by atoms with Gasteiger partial charge >= 0.3 is 62.1 Å². The fraction of sp³-hybridized carbons (Fsp3) is 0.308. The molecule has 2 N–H and O–H groups in total. The molecule has 8 heteroatoms. The Kier molecular flexibility index (Phi) is 6.76. The van der Waals surface area contributed by atoms with E-state index >= 15 is 0 Å². The SMILES string of the molecule is Cc1n(C)[nH]c(=S)[n+]1-c1ccc(N(C)CC(=O)O)cc1.[K+]. The van der Waals surface area contributed by atoms with Crippen molar-refractivity contribution in [3.8, 4) is 5.69 Å². The summed E-state index contributed by atoms with van der Waals surface area (Å²) >= 11 is 5.28. The molecule has 21 heavy (non-hydrogen) atoms. The monoisotopic (exact) mass is 332 g/mol.